The summed E-state index contributed by atoms with van der Waals surface area (Å²) in [4.78, 5) is 12.0. The van der Waals surface area contributed by atoms with Crippen LogP contribution < -0.4 is 10.6 Å². The van der Waals surface area contributed by atoms with Crippen molar-refractivity contribution in [2.24, 2.45) is 0 Å². The van der Waals surface area contributed by atoms with Crippen LogP contribution in [0.3, 0.4) is 0 Å². The fourth-order valence-electron chi connectivity index (χ4n) is 1.93. The maximum atomic E-state index is 12.0. The van der Waals surface area contributed by atoms with Crippen molar-refractivity contribution in [3.63, 3.8) is 0 Å². The molecule has 2 atom stereocenters. The molecule has 0 spiro atoms. The highest BCUT2D eigenvalue weighted by molar-refractivity contribution is 9.10. The zero-order chi connectivity index (χ0) is 14.4. The molecule has 19 heavy (non-hydrogen) atoms. The van der Waals surface area contributed by atoms with E-state index in [4.69, 9.17) is 0 Å². The molecular formula is C15H23BrN2O. The third-order valence-corrected chi connectivity index (χ3v) is 4.12. The van der Waals surface area contributed by atoms with Gasteiger partial charge in [-0.3, -0.25) is 4.79 Å². The van der Waals surface area contributed by atoms with E-state index in [1.54, 1.807) is 0 Å². The van der Waals surface area contributed by atoms with Crippen molar-refractivity contribution in [3.8, 4) is 0 Å². The van der Waals surface area contributed by atoms with Crippen LogP contribution in [0.2, 0.25) is 0 Å². The van der Waals surface area contributed by atoms with Gasteiger partial charge in [0, 0.05) is 16.2 Å². The van der Waals surface area contributed by atoms with Gasteiger partial charge >= 0.3 is 0 Å². The van der Waals surface area contributed by atoms with Crippen molar-refractivity contribution in [1.29, 1.82) is 0 Å². The van der Waals surface area contributed by atoms with Gasteiger partial charge in [0.2, 0.25) is 5.91 Å². The van der Waals surface area contributed by atoms with Gasteiger partial charge in [-0.2, -0.15) is 0 Å². The minimum atomic E-state index is -0.252. The molecule has 1 amide bonds. The van der Waals surface area contributed by atoms with E-state index < -0.39 is 0 Å². The Labute approximate surface area is 124 Å². The summed E-state index contributed by atoms with van der Waals surface area (Å²) in [6, 6.07) is 5.95. The number of hydrogen-bond donors (Lipinski definition) is 2. The summed E-state index contributed by atoms with van der Waals surface area (Å²) in [5, 5.41) is 6.26. The van der Waals surface area contributed by atoms with Crippen molar-refractivity contribution in [2.75, 3.05) is 5.32 Å². The molecule has 2 N–H and O–H groups in total. The molecule has 0 aromatic heterocycles. The summed E-state index contributed by atoms with van der Waals surface area (Å²) in [5.74, 6) is 0.0364. The Hall–Kier alpha value is -1.03. The van der Waals surface area contributed by atoms with E-state index in [-0.39, 0.29) is 18.0 Å². The van der Waals surface area contributed by atoms with E-state index >= 15 is 0 Å². The molecule has 106 valence electrons. The summed E-state index contributed by atoms with van der Waals surface area (Å²) < 4.78 is 1.01. The number of anilines is 1. The number of hydrogen-bond acceptors (Lipinski definition) is 2. The molecule has 1 aromatic carbocycles. The van der Waals surface area contributed by atoms with Gasteiger partial charge in [-0.1, -0.05) is 25.5 Å². The Morgan fingerprint density at radius 1 is 1.37 bits per heavy atom. The van der Waals surface area contributed by atoms with E-state index in [1.807, 2.05) is 39.0 Å². The van der Waals surface area contributed by atoms with Gasteiger partial charge in [-0.15, -0.1) is 0 Å². The molecule has 3 nitrogen and oxygen atoms in total. The molecule has 0 aliphatic rings. The molecule has 1 rings (SSSR count). The number of aryl methyl sites for hydroxylation is 1. The molecule has 0 bridgehead atoms. The van der Waals surface area contributed by atoms with Gasteiger partial charge in [0.15, 0.2) is 0 Å². The lowest BCUT2D eigenvalue weighted by molar-refractivity contribution is -0.122. The van der Waals surface area contributed by atoms with E-state index in [0.717, 1.165) is 28.6 Å². The van der Waals surface area contributed by atoms with E-state index in [9.17, 15) is 4.79 Å². The molecule has 2 unspecified atom stereocenters. The van der Waals surface area contributed by atoms with Crippen LogP contribution in [-0.2, 0) is 4.79 Å². The van der Waals surface area contributed by atoms with Gasteiger partial charge in [0.1, 0.15) is 6.04 Å². The normalized spacial score (nSPS) is 13.7. The van der Waals surface area contributed by atoms with Crippen LogP contribution in [0.1, 0.15) is 39.2 Å². The number of nitrogens with one attached hydrogen (secondary N) is 2. The number of halogens is 1. The molecule has 0 radical (unpaired) electrons. The Bertz CT molecular complexity index is 434. The first-order valence-electron chi connectivity index (χ1n) is 6.77. The van der Waals surface area contributed by atoms with Crippen LogP contribution in [0, 0.1) is 6.92 Å². The monoisotopic (exact) mass is 326 g/mol. The van der Waals surface area contributed by atoms with Gasteiger partial charge in [0.25, 0.3) is 0 Å². The van der Waals surface area contributed by atoms with Crippen molar-refractivity contribution in [2.45, 2.75) is 52.6 Å². The average molecular weight is 327 g/mol. The van der Waals surface area contributed by atoms with Crippen molar-refractivity contribution in [3.05, 3.63) is 28.2 Å². The Balaban J connectivity index is 2.61. The van der Waals surface area contributed by atoms with Crippen molar-refractivity contribution >= 4 is 27.5 Å². The highest BCUT2D eigenvalue weighted by Gasteiger charge is 2.15. The summed E-state index contributed by atoms with van der Waals surface area (Å²) in [6.45, 7) is 8.07. The average Bonchev–Trinajstić information content (AvgIpc) is 2.35. The van der Waals surface area contributed by atoms with Gasteiger partial charge < -0.3 is 10.6 Å². The predicted octanol–water partition coefficient (Wildman–Crippen LogP) is 3.86. The Morgan fingerprint density at radius 3 is 2.68 bits per heavy atom. The highest BCUT2D eigenvalue weighted by atomic mass is 79.9. The fraction of sp³-hybridized carbons (Fsp3) is 0.533. The van der Waals surface area contributed by atoms with Gasteiger partial charge in [-0.25, -0.2) is 0 Å². The second-order valence-electron chi connectivity index (χ2n) is 5.00. The molecule has 0 heterocycles. The first-order chi connectivity index (χ1) is 8.95. The maximum Gasteiger partial charge on any atom is 0.242 e. The molecule has 0 aliphatic carbocycles. The van der Waals surface area contributed by atoms with Crippen LogP contribution in [0.15, 0.2) is 22.7 Å². The summed E-state index contributed by atoms with van der Waals surface area (Å²) in [5.41, 5.74) is 2.10. The minimum absolute atomic E-state index is 0.0364. The zero-order valence-electron chi connectivity index (χ0n) is 12.1. The molecular weight excluding hydrogens is 304 g/mol. The molecule has 0 aliphatic heterocycles. The highest BCUT2D eigenvalue weighted by Crippen LogP contribution is 2.26. The lowest BCUT2D eigenvalue weighted by atomic mass is 10.1. The molecule has 0 saturated carbocycles. The lowest BCUT2D eigenvalue weighted by Crippen LogP contribution is -2.42. The topological polar surface area (TPSA) is 41.1 Å². The van der Waals surface area contributed by atoms with Gasteiger partial charge in [-0.05, 0) is 54.8 Å². The number of amides is 1. The largest absolute Gasteiger partial charge is 0.373 e. The number of rotatable bonds is 6. The molecule has 4 heteroatoms. The van der Waals surface area contributed by atoms with E-state index in [1.165, 1.54) is 0 Å². The Kier molecular flexibility index (Phi) is 6.35. The Morgan fingerprint density at radius 2 is 2.05 bits per heavy atom. The fourth-order valence-corrected chi connectivity index (χ4v) is 2.31. The molecule has 0 saturated heterocycles. The standard InChI is InChI=1S/C15H23BrN2O/c1-5-7-11(3)17-15(19)12(4)18-13-9-6-8-10(2)14(13)16/h6,8-9,11-12,18H,5,7H2,1-4H3,(H,17,19). The lowest BCUT2D eigenvalue weighted by Gasteiger charge is -2.20. The molecule has 0 fully saturated rings. The second kappa shape index (κ2) is 7.53. The van der Waals surface area contributed by atoms with Crippen LogP contribution in [-0.4, -0.2) is 18.0 Å². The van der Waals surface area contributed by atoms with Crippen LogP contribution in [0.4, 0.5) is 5.69 Å². The van der Waals surface area contributed by atoms with Crippen LogP contribution in [0.25, 0.3) is 0 Å². The number of benzene rings is 1. The van der Waals surface area contributed by atoms with E-state index in [2.05, 4.69) is 33.5 Å². The van der Waals surface area contributed by atoms with Crippen molar-refractivity contribution < 1.29 is 4.79 Å². The SMILES string of the molecule is CCCC(C)NC(=O)C(C)Nc1cccc(C)c1Br. The first kappa shape index (κ1) is 16.0. The first-order valence-corrected chi connectivity index (χ1v) is 7.57. The summed E-state index contributed by atoms with van der Waals surface area (Å²) in [7, 11) is 0. The smallest absolute Gasteiger partial charge is 0.242 e. The van der Waals surface area contributed by atoms with E-state index in [0.29, 0.717) is 0 Å². The predicted molar refractivity (Wildman–Crippen MR) is 84.5 cm³/mol. The van der Waals surface area contributed by atoms with Crippen LogP contribution in [0.5, 0.6) is 0 Å². The molecule has 1 aromatic rings. The zero-order valence-corrected chi connectivity index (χ0v) is 13.7. The van der Waals surface area contributed by atoms with Gasteiger partial charge in [0.05, 0.1) is 0 Å². The number of carbonyl (C=O) groups is 1. The van der Waals surface area contributed by atoms with Crippen molar-refractivity contribution in [1.82, 2.24) is 5.32 Å². The minimum Gasteiger partial charge on any atom is -0.373 e. The van der Waals surface area contributed by atoms with Crippen LogP contribution >= 0.6 is 15.9 Å². The summed E-state index contributed by atoms with van der Waals surface area (Å²) in [6.07, 6.45) is 2.08. The second-order valence-corrected chi connectivity index (χ2v) is 5.79. The number of carbonyl (C=O) groups excluding carboxylic acids is 1. The third-order valence-electron chi connectivity index (χ3n) is 3.07. The quantitative estimate of drug-likeness (QED) is 0.833. The third kappa shape index (κ3) is 4.86. The maximum absolute atomic E-state index is 12.0. The summed E-state index contributed by atoms with van der Waals surface area (Å²) >= 11 is 3.54.